The van der Waals surface area contributed by atoms with E-state index in [2.05, 4.69) is 4.98 Å². The van der Waals surface area contributed by atoms with Crippen LogP contribution >= 0.6 is 0 Å². The van der Waals surface area contributed by atoms with Gasteiger partial charge in [-0.25, -0.2) is 15.0 Å². The normalized spacial score (nSPS) is 30.6. The largest absolute Gasteiger partial charge is 0.394 e. The van der Waals surface area contributed by atoms with Crippen LogP contribution < -0.4 is 5.56 Å². The van der Waals surface area contributed by atoms with Crippen LogP contribution in [0, 0.1) is 12.3 Å². The highest BCUT2D eigenvalue weighted by Gasteiger charge is 2.79. The van der Waals surface area contributed by atoms with Gasteiger partial charge in [0.25, 0.3) is 0 Å². The zero-order valence-corrected chi connectivity index (χ0v) is 19.0. The smallest absolute Gasteiger partial charge is 0.373 e. The maximum Gasteiger partial charge on any atom is 0.394 e. The van der Waals surface area contributed by atoms with E-state index < -0.39 is 17.0 Å². The molecule has 9 heteroatoms. The molecule has 3 saturated carbocycles. The molecule has 1 saturated heterocycles. The van der Waals surface area contributed by atoms with Crippen molar-refractivity contribution in [2.24, 2.45) is 12.5 Å². The predicted octanol–water partition coefficient (Wildman–Crippen LogP) is 4.65. The van der Waals surface area contributed by atoms with Crippen LogP contribution in [-0.2, 0) is 17.2 Å². The molecule has 3 aromatic heterocycles. The summed E-state index contributed by atoms with van der Waals surface area (Å²) in [4.78, 5) is 26.1. The molecule has 178 valence electrons. The van der Waals surface area contributed by atoms with Crippen molar-refractivity contribution in [2.75, 3.05) is 6.61 Å². The van der Waals surface area contributed by atoms with Crippen molar-refractivity contribution >= 4 is 11.0 Å². The third-order valence-corrected chi connectivity index (χ3v) is 7.98. The fourth-order valence-corrected chi connectivity index (χ4v) is 6.12. The van der Waals surface area contributed by atoms with Gasteiger partial charge in [0.15, 0.2) is 5.65 Å². The first-order valence-corrected chi connectivity index (χ1v) is 11.6. The fourth-order valence-electron chi connectivity index (χ4n) is 6.12. The van der Waals surface area contributed by atoms with Crippen molar-refractivity contribution < 1.29 is 17.9 Å². The summed E-state index contributed by atoms with van der Waals surface area (Å²) in [7, 11) is 1.70. The summed E-state index contributed by atoms with van der Waals surface area (Å²) < 4.78 is 48.1. The molecule has 4 fully saturated rings. The third kappa shape index (κ3) is 3.12. The molecule has 3 aromatic rings. The molecule has 7 rings (SSSR count). The molecule has 0 radical (unpaired) electrons. The van der Waals surface area contributed by atoms with Crippen LogP contribution in [0.2, 0.25) is 0 Å². The Kier molecular flexibility index (Phi) is 4.53. The Bertz CT molecular complexity index is 1350. The van der Waals surface area contributed by atoms with E-state index in [1.165, 1.54) is 10.6 Å². The number of ether oxygens (including phenoxy) is 1. The number of aromatic nitrogens is 4. The van der Waals surface area contributed by atoms with Gasteiger partial charge in [0, 0.05) is 48.3 Å². The molecule has 34 heavy (non-hydrogen) atoms. The maximum atomic E-state index is 13.5. The van der Waals surface area contributed by atoms with E-state index in [1.807, 2.05) is 19.1 Å². The minimum absolute atomic E-state index is 0.00891. The van der Waals surface area contributed by atoms with E-state index in [1.54, 1.807) is 19.3 Å². The van der Waals surface area contributed by atoms with Gasteiger partial charge in [-0.2, -0.15) is 13.2 Å². The zero-order chi connectivity index (χ0) is 23.9. The SMILES string of the molecule is Cc1ccc2c(C34CC(C(F)(F)F)(C3)C4)nc(C3CCOC(c4ccc(=O)n(C)c4)C3)nc2n1. The lowest BCUT2D eigenvalue weighted by Gasteiger charge is -2.70. The number of nitrogens with zero attached hydrogens (tertiary/aromatic N) is 4. The molecule has 1 aliphatic heterocycles. The van der Waals surface area contributed by atoms with Crippen molar-refractivity contribution in [1.29, 1.82) is 0 Å². The van der Waals surface area contributed by atoms with Crippen LogP contribution in [-0.4, -0.2) is 32.3 Å². The molecule has 0 N–H and O–H groups in total. The van der Waals surface area contributed by atoms with Gasteiger partial charge in [-0.3, -0.25) is 4.79 Å². The van der Waals surface area contributed by atoms with Gasteiger partial charge >= 0.3 is 6.18 Å². The van der Waals surface area contributed by atoms with E-state index in [0.717, 1.165) is 28.8 Å². The fraction of sp³-hybridized carbons (Fsp3) is 0.520. The quantitative estimate of drug-likeness (QED) is 0.557. The van der Waals surface area contributed by atoms with Crippen molar-refractivity contribution in [3.05, 3.63) is 63.6 Å². The number of fused-ring (bicyclic) bond motifs is 1. The Balaban J connectivity index is 1.36. The number of rotatable bonds is 3. The molecule has 3 aliphatic carbocycles. The molecule has 0 aromatic carbocycles. The second-order valence-corrected chi connectivity index (χ2v) is 10.3. The number of hydrogen-bond acceptors (Lipinski definition) is 5. The summed E-state index contributed by atoms with van der Waals surface area (Å²) in [5.41, 5.74) is 0.818. The lowest BCUT2D eigenvalue weighted by Crippen LogP contribution is -2.70. The van der Waals surface area contributed by atoms with Crippen molar-refractivity contribution in [3.8, 4) is 0 Å². The Morgan fingerprint density at radius 2 is 1.85 bits per heavy atom. The van der Waals surface area contributed by atoms with Crippen LogP contribution in [0.25, 0.3) is 11.0 Å². The van der Waals surface area contributed by atoms with E-state index in [9.17, 15) is 18.0 Å². The minimum Gasteiger partial charge on any atom is -0.373 e. The lowest BCUT2D eigenvalue weighted by molar-refractivity contribution is -0.337. The first-order chi connectivity index (χ1) is 16.1. The van der Waals surface area contributed by atoms with Gasteiger partial charge in [0.2, 0.25) is 5.56 Å². The standard InChI is InChI=1S/C25H25F3N4O2/c1-14-3-5-17-20(23-11-24(12-23,13-23)25(26,27)28)30-21(31-22(17)29-14)15-7-8-34-18(9-15)16-4-6-19(33)32(2)10-16/h3-6,10,15,18H,7-9,11-13H2,1-2H3. The number of aryl methyl sites for hydroxylation is 2. The van der Waals surface area contributed by atoms with Gasteiger partial charge in [-0.1, -0.05) is 0 Å². The first kappa shape index (κ1) is 21.7. The molecule has 4 aliphatic rings. The number of hydrogen-bond donors (Lipinski definition) is 0. The molecule has 4 heterocycles. The summed E-state index contributed by atoms with van der Waals surface area (Å²) in [5.74, 6) is 0.620. The average Bonchev–Trinajstić information content (AvgIpc) is 2.72. The van der Waals surface area contributed by atoms with Crippen molar-refractivity contribution in [2.45, 2.75) is 62.6 Å². The van der Waals surface area contributed by atoms with Crippen LogP contribution in [0.1, 0.15) is 66.9 Å². The Morgan fingerprint density at radius 1 is 1.09 bits per heavy atom. The van der Waals surface area contributed by atoms with Gasteiger partial charge in [0.05, 0.1) is 17.2 Å². The molecule has 0 spiro atoms. The van der Waals surface area contributed by atoms with Gasteiger partial charge in [-0.05, 0) is 62.8 Å². The average molecular weight is 470 g/mol. The summed E-state index contributed by atoms with van der Waals surface area (Å²) in [6.07, 6.45) is -0.953. The maximum absolute atomic E-state index is 13.5. The Labute approximate surface area is 194 Å². The van der Waals surface area contributed by atoms with E-state index in [-0.39, 0.29) is 36.8 Å². The van der Waals surface area contributed by atoms with Crippen LogP contribution in [0.3, 0.4) is 0 Å². The second kappa shape index (κ2) is 7.10. The zero-order valence-electron chi connectivity index (χ0n) is 19.0. The molecule has 2 bridgehead atoms. The predicted molar refractivity (Wildman–Crippen MR) is 118 cm³/mol. The van der Waals surface area contributed by atoms with Gasteiger partial charge in [0.1, 0.15) is 5.82 Å². The Morgan fingerprint density at radius 3 is 2.56 bits per heavy atom. The second-order valence-electron chi connectivity index (χ2n) is 10.3. The Hall–Kier alpha value is -2.81. The van der Waals surface area contributed by atoms with Crippen LogP contribution in [0.15, 0.2) is 35.3 Å². The molecule has 0 amide bonds. The summed E-state index contributed by atoms with van der Waals surface area (Å²) in [6, 6.07) is 7.07. The highest BCUT2D eigenvalue weighted by molar-refractivity contribution is 5.79. The number of halogens is 3. The van der Waals surface area contributed by atoms with Crippen molar-refractivity contribution in [1.82, 2.24) is 19.5 Å². The van der Waals surface area contributed by atoms with Crippen LogP contribution in [0.5, 0.6) is 0 Å². The molecular formula is C25H25F3N4O2. The van der Waals surface area contributed by atoms with E-state index in [0.29, 0.717) is 24.5 Å². The molecule has 2 atom stereocenters. The first-order valence-electron chi connectivity index (χ1n) is 11.6. The lowest BCUT2D eigenvalue weighted by atomic mass is 9.33. The molecule has 2 unspecified atom stereocenters. The minimum atomic E-state index is -4.17. The van der Waals surface area contributed by atoms with Gasteiger partial charge < -0.3 is 9.30 Å². The number of pyridine rings is 2. The topological polar surface area (TPSA) is 69.9 Å². The van der Waals surface area contributed by atoms with Crippen molar-refractivity contribution in [3.63, 3.8) is 0 Å². The number of alkyl halides is 3. The summed E-state index contributed by atoms with van der Waals surface area (Å²) in [6.45, 7) is 2.39. The van der Waals surface area contributed by atoms with E-state index >= 15 is 0 Å². The third-order valence-electron chi connectivity index (χ3n) is 7.98. The summed E-state index contributed by atoms with van der Waals surface area (Å²) >= 11 is 0. The molecular weight excluding hydrogens is 445 g/mol. The van der Waals surface area contributed by atoms with Gasteiger partial charge in [-0.15, -0.1) is 0 Å². The monoisotopic (exact) mass is 470 g/mol. The molecule has 6 nitrogen and oxygen atoms in total. The highest BCUT2D eigenvalue weighted by atomic mass is 19.4. The summed E-state index contributed by atoms with van der Waals surface area (Å²) in [5, 5.41) is 0.756. The highest BCUT2D eigenvalue weighted by Crippen LogP contribution is 2.78. The van der Waals surface area contributed by atoms with E-state index in [4.69, 9.17) is 14.7 Å². The van der Waals surface area contributed by atoms with Crippen LogP contribution in [0.4, 0.5) is 13.2 Å².